The van der Waals surface area contributed by atoms with Gasteiger partial charge in [0.2, 0.25) is 5.41 Å². The molecule has 0 N–H and O–H groups in total. The molecule has 0 saturated carbocycles. The van der Waals surface area contributed by atoms with Crippen LogP contribution in [0.3, 0.4) is 0 Å². The lowest BCUT2D eigenvalue weighted by Gasteiger charge is -2.29. The van der Waals surface area contributed by atoms with Crippen molar-refractivity contribution >= 4 is 28.8 Å². The van der Waals surface area contributed by atoms with Crippen molar-refractivity contribution in [3.05, 3.63) is 83.4 Å². The minimum atomic E-state index is -1.67. The van der Waals surface area contributed by atoms with Gasteiger partial charge in [0, 0.05) is 11.0 Å². The Kier molecular flexibility index (Phi) is 5.76. The van der Waals surface area contributed by atoms with Gasteiger partial charge in [0.1, 0.15) is 12.4 Å². The van der Waals surface area contributed by atoms with Gasteiger partial charge in [-0.05, 0) is 42.5 Å². The molecule has 0 atom stereocenters. The summed E-state index contributed by atoms with van der Waals surface area (Å²) in [5, 5.41) is 2.00. The van der Waals surface area contributed by atoms with Crippen LogP contribution in [0.15, 0.2) is 72.3 Å². The predicted molar refractivity (Wildman–Crippen MR) is 119 cm³/mol. The van der Waals surface area contributed by atoms with E-state index in [0.717, 1.165) is 16.3 Å². The Balaban J connectivity index is 1.77. The highest BCUT2D eigenvalue weighted by atomic mass is 16.6. The Morgan fingerprint density at radius 3 is 2.19 bits per heavy atom. The molecule has 31 heavy (non-hydrogen) atoms. The number of fused-ring (bicyclic) bond motifs is 2. The van der Waals surface area contributed by atoms with Gasteiger partial charge in [-0.1, -0.05) is 60.7 Å². The molecule has 0 radical (unpaired) electrons. The molecule has 3 aromatic rings. The monoisotopic (exact) mass is 416 g/mol. The maximum absolute atomic E-state index is 13.3. The van der Waals surface area contributed by atoms with E-state index in [1.807, 2.05) is 60.7 Å². The van der Waals surface area contributed by atoms with Gasteiger partial charge in [-0.3, -0.25) is 9.59 Å². The standard InChI is InChI=1S/C26H24O5/c1-3-29-24(27)26(25(28)30-4-2)20(16-19-11-6-8-14-22(19)26)17-31-23-15-9-12-18-10-5-7-13-21(18)23/h5-16H,3-4,17H2,1-2H3. The van der Waals surface area contributed by atoms with Crippen LogP contribution in [-0.2, 0) is 24.5 Å². The Morgan fingerprint density at radius 1 is 0.806 bits per heavy atom. The molecular weight excluding hydrogens is 392 g/mol. The van der Waals surface area contributed by atoms with Crippen molar-refractivity contribution in [2.24, 2.45) is 0 Å². The summed E-state index contributed by atoms with van der Waals surface area (Å²) in [4.78, 5) is 26.5. The van der Waals surface area contributed by atoms with E-state index < -0.39 is 17.4 Å². The first-order valence-electron chi connectivity index (χ1n) is 10.4. The minimum Gasteiger partial charge on any atom is -0.489 e. The molecule has 0 unspecified atom stereocenters. The summed E-state index contributed by atoms with van der Waals surface area (Å²) in [6, 6.07) is 21.0. The molecule has 0 saturated heterocycles. The third kappa shape index (κ3) is 3.46. The minimum absolute atomic E-state index is 0.0420. The number of rotatable bonds is 7. The molecule has 0 amide bonds. The van der Waals surface area contributed by atoms with Crippen molar-refractivity contribution in [3.8, 4) is 5.75 Å². The maximum atomic E-state index is 13.3. The van der Waals surface area contributed by atoms with Gasteiger partial charge in [0.25, 0.3) is 0 Å². The van der Waals surface area contributed by atoms with Crippen LogP contribution in [0.1, 0.15) is 25.0 Å². The van der Waals surface area contributed by atoms with Crippen LogP contribution in [0.4, 0.5) is 0 Å². The van der Waals surface area contributed by atoms with Crippen LogP contribution in [0.2, 0.25) is 0 Å². The molecule has 4 rings (SSSR count). The molecule has 0 spiro atoms. The van der Waals surface area contributed by atoms with E-state index in [0.29, 0.717) is 16.9 Å². The van der Waals surface area contributed by atoms with Crippen LogP contribution in [-0.4, -0.2) is 31.8 Å². The highest BCUT2D eigenvalue weighted by molar-refractivity contribution is 6.13. The molecular formula is C26H24O5. The summed E-state index contributed by atoms with van der Waals surface area (Å²) in [6.45, 7) is 3.78. The highest BCUT2D eigenvalue weighted by Crippen LogP contribution is 2.44. The van der Waals surface area contributed by atoms with E-state index in [2.05, 4.69) is 0 Å². The second-order valence-corrected chi connectivity index (χ2v) is 7.21. The number of hydrogen-bond acceptors (Lipinski definition) is 5. The summed E-state index contributed by atoms with van der Waals surface area (Å²) in [5.74, 6) is -0.617. The molecule has 0 aliphatic heterocycles. The lowest BCUT2D eigenvalue weighted by atomic mass is 9.77. The number of ether oxygens (including phenoxy) is 3. The van der Waals surface area contributed by atoms with Gasteiger partial charge in [-0.15, -0.1) is 0 Å². The van der Waals surface area contributed by atoms with Gasteiger partial charge < -0.3 is 14.2 Å². The van der Waals surface area contributed by atoms with Crippen molar-refractivity contribution in [2.75, 3.05) is 19.8 Å². The fraction of sp³-hybridized carbons (Fsp3) is 0.231. The number of carbonyl (C=O) groups excluding carboxylic acids is 2. The molecule has 0 heterocycles. The molecule has 1 aliphatic carbocycles. The average Bonchev–Trinajstić information content (AvgIpc) is 3.13. The lowest BCUT2D eigenvalue weighted by molar-refractivity contribution is -0.162. The summed E-state index contributed by atoms with van der Waals surface area (Å²) in [6.07, 6.45) is 1.83. The normalized spacial score (nSPS) is 13.9. The third-order valence-electron chi connectivity index (χ3n) is 5.47. The van der Waals surface area contributed by atoms with Gasteiger partial charge >= 0.3 is 11.9 Å². The zero-order valence-electron chi connectivity index (χ0n) is 17.6. The van der Waals surface area contributed by atoms with E-state index >= 15 is 0 Å². The predicted octanol–water partition coefficient (Wildman–Crippen LogP) is 4.68. The van der Waals surface area contributed by atoms with Crippen LogP contribution < -0.4 is 4.74 Å². The van der Waals surface area contributed by atoms with Gasteiger partial charge in [0.15, 0.2) is 0 Å². The third-order valence-corrected chi connectivity index (χ3v) is 5.47. The van der Waals surface area contributed by atoms with E-state index in [9.17, 15) is 9.59 Å². The molecule has 0 aromatic heterocycles. The van der Waals surface area contributed by atoms with E-state index in [1.165, 1.54) is 0 Å². The summed E-state index contributed by atoms with van der Waals surface area (Å²) in [7, 11) is 0. The lowest BCUT2D eigenvalue weighted by Crippen LogP contribution is -2.47. The smallest absolute Gasteiger partial charge is 0.332 e. The van der Waals surface area contributed by atoms with E-state index in [-0.39, 0.29) is 19.8 Å². The quantitative estimate of drug-likeness (QED) is 0.413. The maximum Gasteiger partial charge on any atom is 0.332 e. The fourth-order valence-electron chi connectivity index (χ4n) is 4.10. The Bertz CT molecular complexity index is 1140. The molecule has 5 heteroatoms. The van der Waals surface area contributed by atoms with E-state index in [4.69, 9.17) is 14.2 Å². The first-order chi connectivity index (χ1) is 15.1. The number of hydrogen-bond donors (Lipinski definition) is 0. The average molecular weight is 416 g/mol. The van der Waals surface area contributed by atoms with Crippen molar-refractivity contribution < 1.29 is 23.8 Å². The fourth-order valence-corrected chi connectivity index (χ4v) is 4.10. The number of esters is 2. The van der Waals surface area contributed by atoms with Crippen molar-refractivity contribution in [2.45, 2.75) is 19.3 Å². The summed E-state index contributed by atoms with van der Waals surface area (Å²) in [5.41, 5.74) is 0.162. The Hall–Kier alpha value is -3.60. The van der Waals surface area contributed by atoms with Crippen LogP contribution >= 0.6 is 0 Å². The Labute approximate surface area is 181 Å². The first kappa shape index (κ1) is 20.7. The second kappa shape index (κ2) is 8.64. The van der Waals surface area contributed by atoms with Gasteiger partial charge in [0.05, 0.1) is 13.2 Å². The van der Waals surface area contributed by atoms with Crippen molar-refractivity contribution in [1.82, 2.24) is 0 Å². The molecule has 158 valence electrons. The van der Waals surface area contributed by atoms with E-state index in [1.54, 1.807) is 26.0 Å². The highest BCUT2D eigenvalue weighted by Gasteiger charge is 2.57. The zero-order chi connectivity index (χ0) is 21.8. The van der Waals surface area contributed by atoms with Gasteiger partial charge in [-0.25, -0.2) is 0 Å². The topological polar surface area (TPSA) is 61.8 Å². The Morgan fingerprint density at radius 2 is 1.45 bits per heavy atom. The molecule has 0 bridgehead atoms. The largest absolute Gasteiger partial charge is 0.489 e. The molecule has 5 nitrogen and oxygen atoms in total. The SMILES string of the molecule is CCOC(=O)C1(C(=O)OCC)C(COc2cccc3ccccc23)=Cc2ccccc21. The van der Waals surface area contributed by atoms with Crippen molar-refractivity contribution in [1.29, 1.82) is 0 Å². The second-order valence-electron chi connectivity index (χ2n) is 7.21. The van der Waals surface area contributed by atoms with Crippen LogP contribution in [0.25, 0.3) is 16.8 Å². The van der Waals surface area contributed by atoms with Gasteiger partial charge in [-0.2, -0.15) is 0 Å². The van der Waals surface area contributed by atoms with Crippen molar-refractivity contribution in [3.63, 3.8) is 0 Å². The zero-order valence-corrected chi connectivity index (χ0v) is 17.6. The van der Waals surface area contributed by atoms with Crippen LogP contribution in [0.5, 0.6) is 5.75 Å². The molecule has 0 fully saturated rings. The number of benzene rings is 3. The summed E-state index contributed by atoms with van der Waals surface area (Å²) < 4.78 is 16.9. The van der Waals surface area contributed by atoms with Crippen LogP contribution in [0, 0.1) is 0 Å². The summed E-state index contributed by atoms with van der Waals surface area (Å²) >= 11 is 0. The first-order valence-corrected chi connectivity index (χ1v) is 10.4. The number of carbonyl (C=O) groups is 2. The molecule has 1 aliphatic rings. The molecule has 3 aromatic carbocycles.